The molecule has 0 spiro atoms. The molecule has 0 saturated carbocycles. The van der Waals surface area contributed by atoms with Crippen LogP contribution in [0.25, 0.3) is 0 Å². The van der Waals surface area contributed by atoms with E-state index in [0.717, 1.165) is 23.7 Å². The Balaban J connectivity index is 2.07. The molecular formula is C14H17BrClN3O. The Morgan fingerprint density at radius 3 is 2.90 bits per heavy atom. The van der Waals surface area contributed by atoms with E-state index in [4.69, 9.17) is 16.3 Å². The van der Waals surface area contributed by atoms with Gasteiger partial charge in [-0.2, -0.15) is 5.10 Å². The Labute approximate surface area is 132 Å². The molecule has 108 valence electrons. The molecule has 0 saturated heterocycles. The number of hydrogen-bond donors (Lipinski definition) is 0. The second kappa shape index (κ2) is 7.09. The van der Waals surface area contributed by atoms with E-state index < -0.39 is 0 Å². The summed E-state index contributed by atoms with van der Waals surface area (Å²) in [5.74, 6) is 2.16. The minimum atomic E-state index is 0.397. The highest BCUT2D eigenvalue weighted by Crippen LogP contribution is 2.25. The lowest BCUT2D eigenvalue weighted by Crippen LogP contribution is -2.12. The molecule has 1 aromatic heterocycles. The maximum Gasteiger partial charge on any atom is 0.164 e. The number of hydrogen-bond acceptors (Lipinski definition) is 3. The zero-order chi connectivity index (χ0) is 14.5. The Morgan fingerprint density at radius 1 is 1.40 bits per heavy atom. The molecule has 20 heavy (non-hydrogen) atoms. The number of halogens is 2. The maximum atomic E-state index is 5.97. The van der Waals surface area contributed by atoms with E-state index >= 15 is 0 Å². The molecule has 0 aliphatic heterocycles. The summed E-state index contributed by atoms with van der Waals surface area (Å²) < 4.78 is 7.72. The van der Waals surface area contributed by atoms with Crippen LogP contribution in [-0.2, 0) is 18.5 Å². The number of rotatable bonds is 6. The van der Waals surface area contributed by atoms with Gasteiger partial charge in [-0.1, -0.05) is 41.4 Å². The molecule has 2 aromatic rings. The molecule has 0 N–H and O–H groups in total. The third-order valence-corrected chi connectivity index (χ3v) is 3.60. The van der Waals surface area contributed by atoms with Crippen molar-refractivity contribution >= 4 is 27.5 Å². The van der Waals surface area contributed by atoms with Crippen molar-refractivity contribution < 1.29 is 4.74 Å². The molecule has 0 aliphatic carbocycles. The molecule has 0 atom stereocenters. The van der Waals surface area contributed by atoms with E-state index in [2.05, 4.69) is 39.9 Å². The Bertz CT molecular complexity index is 571. The zero-order valence-electron chi connectivity index (χ0n) is 11.5. The number of aromatic nitrogens is 3. The number of ether oxygens (including phenoxy) is 1. The minimum absolute atomic E-state index is 0.397. The summed E-state index contributed by atoms with van der Waals surface area (Å²) in [6.07, 6.45) is 1.56. The third kappa shape index (κ3) is 3.96. The van der Waals surface area contributed by atoms with Crippen LogP contribution in [0, 0.1) is 5.92 Å². The van der Waals surface area contributed by atoms with E-state index in [1.165, 1.54) is 0 Å². The summed E-state index contributed by atoms with van der Waals surface area (Å²) in [4.78, 5) is 4.25. The summed E-state index contributed by atoms with van der Waals surface area (Å²) in [6, 6.07) is 5.59. The molecule has 1 aromatic carbocycles. The highest BCUT2D eigenvalue weighted by atomic mass is 79.9. The monoisotopic (exact) mass is 357 g/mol. The van der Waals surface area contributed by atoms with E-state index in [-0.39, 0.29) is 0 Å². The lowest BCUT2D eigenvalue weighted by molar-refractivity contribution is 0.281. The average Bonchev–Trinajstić information content (AvgIpc) is 2.83. The first-order valence-corrected chi connectivity index (χ1v) is 7.94. The molecule has 1 heterocycles. The van der Waals surface area contributed by atoms with Gasteiger partial charge >= 0.3 is 0 Å². The zero-order valence-corrected chi connectivity index (χ0v) is 13.9. The SMILES string of the molecule is CC(C)Cn1ncnc1COc1ccc(Cl)cc1CBr. The average molecular weight is 359 g/mol. The highest BCUT2D eigenvalue weighted by Gasteiger charge is 2.09. The van der Waals surface area contributed by atoms with Gasteiger partial charge in [0.1, 0.15) is 18.7 Å². The Kier molecular flexibility index (Phi) is 5.43. The molecule has 6 heteroatoms. The van der Waals surface area contributed by atoms with Gasteiger partial charge in [0.05, 0.1) is 0 Å². The van der Waals surface area contributed by atoms with Crippen LogP contribution in [0.4, 0.5) is 0 Å². The first-order chi connectivity index (χ1) is 9.60. The van der Waals surface area contributed by atoms with Crippen molar-refractivity contribution in [3.8, 4) is 5.75 Å². The van der Waals surface area contributed by atoms with Crippen molar-refractivity contribution in [3.63, 3.8) is 0 Å². The third-order valence-electron chi connectivity index (χ3n) is 2.76. The molecule has 0 unspecified atom stereocenters. The van der Waals surface area contributed by atoms with Gasteiger partial charge in [0, 0.05) is 22.5 Å². The van der Waals surface area contributed by atoms with Gasteiger partial charge in [-0.05, 0) is 24.1 Å². The van der Waals surface area contributed by atoms with E-state index in [0.29, 0.717) is 22.9 Å². The summed E-state index contributed by atoms with van der Waals surface area (Å²) in [7, 11) is 0. The van der Waals surface area contributed by atoms with Gasteiger partial charge in [0.2, 0.25) is 0 Å². The van der Waals surface area contributed by atoms with Crippen LogP contribution >= 0.6 is 27.5 Å². The molecule has 0 bridgehead atoms. The minimum Gasteiger partial charge on any atom is -0.485 e. The lowest BCUT2D eigenvalue weighted by Gasteiger charge is -2.12. The van der Waals surface area contributed by atoms with Crippen molar-refractivity contribution in [3.05, 3.63) is 40.9 Å². The summed E-state index contributed by atoms with van der Waals surface area (Å²) in [6.45, 7) is 5.53. The lowest BCUT2D eigenvalue weighted by atomic mass is 10.2. The van der Waals surface area contributed by atoms with Crippen molar-refractivity contribution in [2.24, 2.45) is 5.92 Å². The normalized spacial score (nSPS) is 11.1. The van der Waals surface area contributed by atoms with Crippen LogP contribution in [0.1, 0.15) is 25.2 Å². The first-order valence-electron chi connectivity index (χ1n) is 6.44. The van der Waals surface area contributed by atoms with Crippen LogP contribution in [-0.4, -0.2) is 14.8 Å². The van der Waals surface area contributed by atoms with E-state index in [1.807, 2.05) is 22.9 Å². The second-order valence-corrected chi connectivity index (χ2v) is 5.92. The van der Waals surface area contributed by atoms with Crippen LogP contribution < -0.4 is 4.74 Å². The molecule has 2 rings (SSSR count). The molecular weight excluding hydrogens is 342 g/mol. The van der Waals surface area contributed by atoms with Gasteiger partial charge in [0.25, 0.3) is 0 Å². The predicted molar refractivity (Wildman–Crippen MR) is 83.3 cm³/mol. The standard InChI is InChI=1S/C14H17BrClN3O/c1-10(2)7-19-14(17-9-18-19)8-20-13-4-3-12(16)5-11(13)6-15/h3-5,9-10H,6-8H2,1-2H3. The van der Waals surface area contributed by atoms with Crippen molar-refractivity contribution in [1.29, 1.82) is 0 Å². The summed E-state index contributed by atoms with van der Waals surface area (Å²) in [5.41, 5.74) is 1.02. The molecule has 4 nitrogen and oxygen atoms in total. The number of nitrogens with zero attached hydrogens (tertiary/aromatic N) is 3. The second-order valence-electron chi connectivity index (χ2n) is 4.93. The van der Waals surface area contributed by atoms with Crippen molar-refractivity contribution in [2.75, 3.05) is 0 Å². The van der Waals surface area contributed by atoms with Crippen LogP contribution in [0.2, 0.25) is 5.02 Å². The van der Waals surface area contributed by atoms with E-state index in [9.17, 15) is 0 Å². The number of benzene rings is 1. The summed E-state index contributed by atoms with van der Waals surface area (Å²) in [5, 5.41) is 5.62. The predicted octanol–water partition coefficient (Wildman–Crippen LogP) is 4.06. The topological polar surface area (TPSA) is 39.9 Å². The van der Waals surface area contributed by atoms with Crippen LogP contribution in [0.5, 0.6) is 5.75 Å². The Morgan fingerprint density at radius 2 is 2.20 bits per heavy atom. The van der Waals surface area contributed by atoms with Gasteiger partial charge < -0.3 is 4.74 Å². The van der Waals surface area contributed by atoms with E-state index in [1.54, 1.807) is 6.33 Å². The van der Waals surface area contributed by atoms with Crippen molar-refractivity contribution in [1.82, 2.24) is 14.8 Å². The smallest absolute Gasteiger partial charge is 0.164 e. The fourth-order valence-electron chi connectivity index (χ4n) is 1.83. The van der Waals surface area contributed by atoms with Gasteiger partial charge in [-0.25, -0.2) is 9.67 Å². The summed E-state index contributed by atoms with van der Waals surface area (Å²) >= 11 is 9.41. The quantitative estimate of drug-likeness (QED) is 0.731. The molecule has 0 aliphatic rings. The molecule has 0 radical (unpaired) electrons. The number of alkyl halides is 1. The van der Waals surface area contributed by atoms with Gasteiger partial charge in [0.15, 0.2) is 5.82 Å². The maximum absolute atomic E-state index is 5.97. The largest absolute Gasteiger partial charge is 0.485 e. The van der Waals surface area contributed by atoms with Gasteiger partial charge in [-0.15, -0.1) is 0 Å². The Hall–Kier alpha value is -1.07. The fraction of sp³-hybridized carbons (Fsp3) is 0.429. The molecule has 0 fully saturated rings. The van der Waals surface area contributed by atoms with Crippen molar-refractivity contribution in [2.45, 2.75) is 32.3 Å². The molecule has 0 amide bonds. The van der Waals surface area contributed by atoms with Gasteiger partial charge in [-0.3, -0.25) is 0 Å². The van der Waals surface area contributed by atoms with Crippen LogP contribution in [0.3, 0.4) is 0 Å². The first kappa shape index (κ1) is 15.3. The fourth-order valence-corrected chi connectivity index (χ4v) is 2.47. The van der Waals surface area contributed by atoms with Crippen LogP contribution in [0.15, 0.2) is 24.5 Å². The highest BCUT2D eigenvalue weighted by molar-refractivity contribution is 9.08.